The van der Waals surface area contributed by atoms with Gasteiger partial charge in [-0.1, -0.05) is 105 Å². The highest BCUT2D eigenvalue weighted by Crippen LogP contribution is 2.54. The molecule has 1 atom stereocenters. The summed E-state index contributed by atoms with van der Waals surface area (Å²) >= 11 is 0. The predicted octanol–water partition coefficient (Wildman–Crippen LogP) is 9.81. The highest BCUT2D eigenvalue weighted by atomic mass is 19.4. The van der Waals surface area contributed by atoms with Gasteiger partial charge in [-0.05, 0) is 71.3 Å². The van der Waals surface area contributed by atoms with E-state index in [1.807, 2.05) is 72.8 Å². The van der Waals surface area contributed by atoms with Crippen LogP contribution in [0, 0.1) is 0 Å². The van der Waals surface area contributed by atoms with Gasteiger partial charge in [-0.2, -0.15) is 26.3 Å². The SMILES string of the molecule is C=C(N[C@@H]1CCN(CCCCC2(C(=C)NCC(F)(F)F)c3ccccc3-c3ccccc32)C1)c1ccccc1-c1ccc(C(F)(F)F)cc1. The Bertz CT molecular complexity index is 1760. The molecule has 9 heteroatoms. The molecule has 4 aromatic carbocycles. The molecule has 6 rings (SSSR count). The second kappa shape index (κ2) is 13.8. The maximum Gasteiger partial charge on any atom is 0.416 e. The van der Waals surface area contributed by atoms with Gasteiger partial charge in [0.2, 0.25) is 0 Å². The number of rotatable bonds is 12. The fraction of sp³-hybridized carbons (Fsp3) is 0.300. The van der Waals surface area contributed by atoms with Crippen molar-refractivity contribution < 1.29 is 26.3 Å². The number of halogens is 6. The van der Waals surface area contributed by atoms with Crippen molar-refractivity contribution >= 4 is 5.70 Å². The molecule has 0 spiro atoms. The molecule has 0 bridgehead atoms. The van der Waals surface area contributed by atoms with Crippen LogP contribution in [0.2, 0.25) is 0 Å². The molecule has 0 aromatic heterocycles. The summed E-state index contributed by atoms with van der Waals surface area (Å²) in [6.45, 7) is 9.85. The Labute approximate surface area is 283 Å². The highest BCUT2D eigenvalue weighted by molar-refractivity contribution is 5.83. The van der Waals surface area contributed by atoms with Gasteiger partial charge in [0.05, 0.1) is 11.0 Å². The van der Waals surface area contributed by atoms with E-state index in [2.05, 4.69) is 28.7 Å². The highest BCUT2D eigenvalue weighted by Gasteiger charge is 2.45. The third-order valence-corrected chi connectivity index (χ3v) is 9.78. The lowest BCUT2D eigenvalue weighted by Crippen LogP contribution is -2.39. The van der Waals surface area contributed by atoms with E-state index >= 15 is 0 Å². The maximum absolute atomic E-state index is 13.3. The standard InChI is InChI=1S/C40H39F6N3/c1-27(32-11-3-4-12-33(32)29-17-19-30(20-18-29)40(44,45)46)48-31-21-24-49(25-31)23-10-9-22-38(28(2)47-26-39(41,42)43)36-15-7-5-13-34(36)35-14-6-8-16-37(35)38/h3-8,11-20,31,47-48H,1-2,9-10,21-26H2/t31-/m1/s1. The van der Waals surface area contributed by atoms with Gasteiger partial charge in [0, 0.05) is 36.1 Å². The van der Waals surface area contributed by atoms with Crippen LogP contribution in [0.5, 0.6) is 0 Å². The summed E-state index contributed by atoms with van der Waals surface area (Å²) in [4.78, 5) is 2.38. The number of fused-ring (bicyclic) bond motifs is 3. The van der Waals surface area contributed by atoms with Gasteiger partial charge in [-0.3, -0.25) is 0 Å². The van der Waals surface area contributed by atoms with Crippen LogP contribution in [-0.2, 0) is 11.6 Å². The molecule has 49 heavy (non-hydrogen) atoms. The second-order valence-corrected chi connectivity index (χ2v) is 12.9. The summed E-state index contributed by atoms with van der Waals surface area (Å²) in [5, 5.41) is 6.19. The molecular formula is C40H39F6N3. The predicted molar refractivity (Wildman–Crippen MR) is 184 cm³/mol. The Morgan fingerprint density at radius 2 is 1.35 bits per heavy atom. The number of benzene rings is 4. The van der Waals surface area contributed by atoms with E-state index in [9.17, 15) is 26.3 Å². The van der Waals surface area contributed by atoms with Crippen molar-refractivity contribution in [1.82, 2.24) is 15.5 Å². The monoisotopic (exact) mass is 675 g/mol. The number of hydrogen-bond acceptors (Lipinski definition) is 3. The molecule has 1 saturated heterocycles. The van der Waals surface area contributed by atoms with Crippen molar-refractivity contribution in [3.8, 4) is 22.3 Å². The molecule has 4 aromatic rings. The molecule has 1 aliphatic heterocycles. The average Bonchev–Trinajstić information content (AvgIpc) is 3.65. The number of hydrogen-bond donors (Lipinski definition) is 2. The number of allylic oxidation sites excluding steroid dienone is 1. The van der Waals surface area contributed by atoms with Crippen LogP contribution in [0.25, 0.3) is 28.0 Å². The number of unbranched alkanes of at least 4 members (excludes halogenated alkanes) is 1. The Morgan fingerprint density at radius 1 is 0.755 bits per heavy atom. The second-order valence-electron chi connectivity index (χ2n) is 12.9. The molecule has 2 N–H and O–H groups in total. The summed E-state index contributed by atoms with van der Waals surface area (Å²) < 4.78 is 79.2. The fourth-order valence-electron chi connectivity index (χ4n) is 7.47. The van der Waals surface area contributed by atoms with E-state index in [0.29, 0.717) is 23.4 Å². The molecule has 3 nitrogen and oxygen atoms in total. The number of likely N-dealkylation sites (tertiary alicyclic amines) is 1. The van der Waals surface area contributed by atoms with Crippen molar-refractivity contribution in [3.63, 3.8) is 0 Å². The summed E-state index contributed by atoms with van der Waals surface area (Å²) in [6.07, 6.45) is -5.57. The Kier molecular flexibility index (Phi) is 9.67. The van der Waals surface area contributed by atoms with Crippen LogP contribution in [0.1, 0.15) is 47.9 Å². The smallest absolute Gasteiger partial charge is 0.381 e. The van der Waals surface area contributed by atoms with Crippen LogP contribution in [0.4, 0.5) is 26.3 Å². The number of nitrogens with zero attached hydrogens (tertiary/aromatic N) is 1. The third-order valence-electron chi connectivity index (χ3n) is 9.78. The normalized spacial score (nSPS) is 17.0. The van der Waals surface area contributed by atoms with E-state index in [1.165, 1.54) is 12.1 Å². The molecule has 1 fully saturated rings. The zero-order valence-electron chi connectivity index (χ0n) is 27.1. The molecular weight excluding hydrogens is 636 g/mol. The lowest BCUT2D eigenvalue weighted by atomic mass is 9.72. The van der Waals surface area contributed by atoms with E-state index in [4.69, 9.17) is 0 Å². The molecule has 1 heterocycles. The first kappa shape index (κ1) is 34.4. The minimum Gasteiger partial charge on any atom is -0.381 e. The van der Waals surface area contributed by atoms with Gasteiger partial charge < -0.3 is 15.5 Å². The third kappa shape index (κ3) is 7.27. The molecule has 256 valence electrons. The molecule has 0 radical (unpaired) electrons. The largest absolute Gasteiger partial charge is 0.416 e. The summed E-state index contributed by atoms with van der Waals surface area (Å²) in [6, 6.07) is 28.7. The summed E-state index contributed by atoms with van der Waals surface area (Å²) in [5.74, 6) is 0. The lowest BCUT2D eigenvalue weighted by Gasteiger charge is -2.35. The fourth-order valence-corrected chi connectivity index (χ4v) is 7.47. The lowest BCUT2D eigenvalue weighted by molar-refractivity contribution is -0.137. The Balaban J connectivity index is 1.08. The van der Waals surface area contributed by atoms with Crippen LogP contribution in [-0.4, -0.2) is 43.3 Å². The van der Waals surface area contributed by atoms with Crippen LogP contribution in [0.15, 0.2) is 116 Å². The van der Waals surface area contributed by atoms with E-state index in [1.54, 1.807) is 0 Å². The van der Waals surface area contributed by atoms with Crippen molar-refractivity contribution in [1.29, 1.82) is 0 Å². The topological polar surface area (TPSA) is 27.3 Å². The molecule has 1 aliphatic carbocycles. The van der Waals surface area contributed by atoms with Crippen LogP contribution >= 0.6 is 0 Å². The first-order chi connectivity index (χ1) is 23.4. The van der Waals surface area contributed by atoms with E-state index in [-0.39, 0.29) is 6.04 Å². The van der Waals surface area contributed by atoms with Crippen molar-refractivity contribution in [2.75, 3.05) is 26.2 Å². The van der Waals surface area contributed by atoms with Gasteiger partial charge in [0.1, 0.15) is 6.54 Å². The molecule has 2 aliphatic rings. The van der Waals surface area contributed by atoms with E-state index < -0.39 is 29.9 Å². The Morgan fingerprint density at radius 3 is 1.96 bits per heavy atom. The quantitative estimate of drug-likeness (QED) is 0.116. The summed E-state index contributed by atoms with van der Waals surface area (Å²) in [5.41, 5.74) is 5.97. The number of nitrogens with one attached hydrogen (secondary N) is 2. The minimum atomic E-state index is -4.39. The average molecular weight is 676 g/mol. The van der Waals surface area contributed by atoms with Gasteiger partial charge in [0.15, 0.2) is 0 Å². The first-order valence-electron chi connectivity index (χ1n) is 16.5. The van der Waals surface area contributed by atoms with Gasteiger partial charge >= 0.3 is 12.4 Å². The van der Waals surface area contributed by atoms with Crippen molar-refractivity contribution in [2.45, 2.75) is 49.5 Å². The van der Waals surface area contributed by atoms with Gasteiger partial charge in [0.25, 0.3) is 0 Å². The van der Waals surface area contributed by atoms with Crippen LogP contribution < -0.4 is 10.6 Å². The first-order valence-corrected chi connectivity index (χ1v) is 16.5. The van der Waals surface area contributed by atoms with Crippen molar-refractivity contribution in [3.05, 3.63) is 138 Å². The molecule has 0 unspecified atom stereocenters. The Hall–Kier alpha value is -4.50. The molecule has 0 amide bonds. The zero-order valence-corrected chi connectivity index (χ0v) is 27.1. The zero-order chi connectivity index (χ0) is 34.8. The number of alkyl halides is 6. The van der Waals surface area contributed by atoms with Crippen molar-refractivity contribution in [2.24, 2.45) is 0 Å². The van der Waals surface area contributed by atoms with Gasteiger partial charge in [-0.25, -0.2) is 0 Å². The van der Waals surface area contributed by atoms with Crippen LogP contribution in [0.3, 0.4) is 0 Å². The molecule has 0 saturated carbocycles. The minimum absolute atomic E-state index is 0.152. The van der Waals surface area contributed by atoms with E-state index in [0.717, 1.165) is 84.4 Å². The van der Waals surface area contributed by atoms with Gasteiger partial charge in [-0.15, -0.1) is 0 Å². The summed E-state index contributed by atoms with van der Waals surface area (Å²) in [7, 11) is 0. The maximum atomic E-state index is 13.3.